The molecule has 0 fully saturated rings. The van der Waals surface area contributed by atoms with Crippen LogP contribution in [0.15, 0.2) is 18.2 Å². The van der Waals surface area contributed by atoms with Crippen molar-refractivity contribution in [2.75, 3.05) is 0 Å². The van der Waals surface area contributed by atoms with E-state index < -0.39 is 17.2 Å². The largest absolute Gasteiger partial charge is 0.326 e. The third kappa shape index (κ3) is 3.15. The van der Waals surface area contributed by atoms with Crippen LogP contribution in [0.5, 0.6) is 0 Å². The van der Waals surface area contributed by atoms with Crippen molar-refractivity contribution in [1.29, 1.82) is 0 Å². The van der Waals surface area contributed by atoms with E-state index in [1.807, 2.05) is 0 Å². The SMILES string of the molecule is NCc1ccc(COS(=O)O)cc1F. The number of hydrogen-bond donors (Lipinski definition) is 2. The van der Waals surface area contributed by atoms with E-state index in [4.69, 9.17) is 10.3 Å². The molecule has 3 N–H and O–H groups in total. The minimum Gasteiger partial charge on any atom is -0.326 e. The fourth-order valence-corrected chi connectivity index (χ4v) is 1.20. The molecule has 0 bridgehead atoms. The normalized spacial score (nSPS) is 12.8. The van der Waals surface area contributed by atoms with E-state index in [2.05, 4.69) is 4.18 Å². The molecule has 4 nitrogen and oxygen atoms in total. The Hall–Kier alpha value is -0.820. The molecule has 6 heteroatoms. The van der Waals surface area contributed by atoms with Gasteiger partial charge in [-0.25, -0.2) is 4.39 Å². The average Bonchev–Trinajstić information content (AvgIpc) is 2.15. The van der Waals surface area contributed by atoms with E-state index in [-0.39, 0.29) is 13.2 Å². The molecule has 0 saturated carbocycles. The molecule has 0 spiro atoms. The minimum atomic E-state index is -2.33. The molecule has 1 atom stereocenters. The van der Waals surface area contributed by atoms with Gasteiger partial charge in [-0.1, -0.05) is 12.1 Å². The topological polar surface area (TPSA) is 72.5 Å². The van der Waals surface area contributed by atoms with E-state index in [0.717, 1.165) is 0 Å². The smallest absolute Gasteiger partial charge is 0.302 e. The van der Waals surface area contributed by atoms with Crippen LogP contribution in [0.3, 0.4) is 0 Å². The van der Waals surface area contributed by atoms with Crippen LogP contribution >= 0.6 is 0 Å². The van der Waals surface area contributed by atoms with E-state index in [0.29, 0.717) is 11.1 Å². The van der Waals surface area contributed by atoms with Gasteiger partial charge in [-0.2, -0.15) is 4.21 Å². The van der Waals surface area contributed by atoms with Gasteiger partial charge in [-0.15, -0.1) is 0 Å². The zero-order valence-corrected chi connectivity index (χ0v) is 8.09. The third-order valence-corrected chi connectivity index (χ3v) is 1.98. The average molecular weight is 219 g/mol. The van der Waals surface area contributed by atoms with Crippen LogP contribution in [-0.2, 0) is 28.7 Å². The molecular formula is C8H10FNO3S. The van der Waals surface area contributed by atoms with Gasteiger partial charge >= 0.3 is 11.4 Å². The summed E-state index contributed by atoms with van der Waals surface area (Å²) in [6.45, 7) is 0.0176. The van der Waals surface area contributed by atoms with Crippen molar-refractivity contribution in [3.8, 4) is 0 Å². The van der Waals surface area contributed by atoms with Gasteiger partial charge < -0.3 is 5.73 Å². The van der Waals surface area contributed by atoms with Gasteiger partial charge in [0.2, 0.25) is 0 Å². The first-order valence-corrected chi connectivity index (χ1v) is 4.88. The summed E-state index contributed by atoms with van der Waals surface area (Å²) >= 11 is -2.33. The van der Waals surface area contributed by atoms with E-state index >= 15 is 0 Å². The first-order valence-electron chi connectivity index (χ1n) is 3.85. The Morgan fingerprint density at radius 3 is 2.79 bits per heavy atom. The van der Waals surface area contributed by atoms with Gasteiger partial charge in [0.25, 0.3) is 0 Å². The second kappa shape index (κ2) is 5.16. The fourth-order valence-electron chi connectivity index (χ4n) is 0.965. The molecule has 14 heavy (non-hydrogen) atoms. The van der Waals surface area contributed by atoms with E-state index in [1.54, 1.807) is 6.07 Å². The first-order chi connectivity index (χ1) is 6.63. The van der Waals surface area contributed by atoms with Crippen LogP contribution < -0.4 is 5.73 Å². The summed E-state index contributed by atoms with van der Waals surface area (Å²) in [4.78, 5) is 0. The van der Waals surface area contributed by atoms with Crippen molar-refractivity contribution in [2.45, 2.75) is 13.2 Å². The van der Waals surface area contributed by atoms with Gasteiger partial charge in [0, 0.05) is 12.1 Å². The second-order valence-electron chi connectivity index (χ2n) is 2.61. The lowest BCUT2D eigenvalue weighted by molar-refractivity contribution is 0.296. The van der Waals surface area contributed by atoms with Crippen LogP contribution in [0.1, 0.15) is 11.1 Å². The van der Waals surface area contributed by atoms with Gasteiger partial charge in [-0.3, -0.25) is 8.74 Å². The molecule has 0 saturated heterocycles. The van der Waals surface area contributed by atoms with E-state index in [9.17, 15) is 8.60 Å². The maximum absolute atomic E-state index is 13.1. The quantitative estimate of drug-likeness (QED) is 0.739. The van der Waals surface area contributed by atoms with Crippen molar-refractivity contribution in [3.05, 3.63) is 35.1 Å². The van der Waals surface area contributed by atoms with Crippen LogP contribution in [0.2, 0.25) is 0 Å². The molecule has 0 aliphatic rings. The van der Waals surface area contributed by atoms with Crippen molar-refractivity contribution in [3.63, 3.8) is 0 Å². The number of rotatable bonds is 4. The molecular weight excluding hydrogens is 209 g/mol. The highest BCUT2D eigenvalue weighted by Crippen LogP contribution is 2.10. The number of hydrogen-bond acceptors (Lipinski definition) is 3. The minimum absolute atomic E-state index is 0.106. The first kappa shape index (κ1) is 11.3. The lowest BCUT2D eigenvalue weighted by Crippen LogP contribution is -2.01. The van der Waals surface area contributed by atoms with Gasteiger partial charge in [-0.05, 0) is 11.6 Å². The number of halogens is 1. The molecule has 1 aromatic carbocycles. The summed E-state index contributed by atoms with van der Waals surface area (Å²) in [5, 5.41) is 0. The Labute approximate surface area is 83.4 Å². The Bertz CT molecular complexity index is 345. The fraction of sp³-hybridized carbons (Fsp3) is 0.250. The Balaban J connectivity index is 2.71. The molecule has 0 amide bonds. The molecule has 1 rings (SSSR count). The molecule has 0 aromatic heterocycles. The van der Waals surface area contributed by atoms with Crippen LogP contribution in [-0.4, -0.2) is 8.76 Å². The lowest BCUT2D eigenvalue weighted by Gasteiger charge is -2.03. The Morgan fingerprint density at radius 2 is 2.29 bits per heavy atom. The van der Waals surface area contributed by atoms with E-state index in [1.165, 1.54) is 12.1 Å². The predicted octanol–water partition coefficient (Wildman–Crippen LogP) is 0.938. The zero-order valence-electron chi connectivity index (χ0n) is 7.27. The Kier molecular flexibility index (Phi) is 4.15. The summed E-state index contributed by atoms with van der Waals surface area (Å²) < 4.78 is 36.0. The van der Waals surface area contributed by atoms with Crippen molar-refractivity contribution in [2.24, 2.45) is 5.73 Å². The van der Waals surface area contributed by atoms with Crippen molar-refractivity contribution in [1.82, 2.24) is 0 Å². The zero-order chi connectivity index (χ0) is 10.6. The predicted molar refractivity (Wildman–Crippen MR) is 49.9 cm³/mol. The standard InChI is InChI=1S/C8H10FNO3S/c9-8-3-6(5-13-14(11)12)1-2-7(8)4-10/h1-3H,4-5,10H2,(H,11,12). The molecule has 0 heterocycles. The molecule has 0 aliphatic carbocycles. The van der Waals surface area contributed by atoms with Crippen molar-refractivity contribution >= 4 is 11.4 Å². The summed E-state index contributed by atoms with van der Waals surface area (Å²) in [5.41, 5.74) is 6.15. The number of benzene rings is 1. The third-order valence-electron chi connectivity index (χ3n) is 1.66. The lowest BCUT2D eigenvalue weighted by atomic mass is 10.1. The van der Waals surface area contributed by atoms with Crippen LogP contribution in [0.4, 0.5) is 4.39 Å². The van der Waals surface area contributed by atoms with Gasteiger partial charge in [0.15, 0.2) is 0 Å². The highest BCUT2D eigenvalue weighted by atomic mass is 32.2. The summed E-state index contributed by atoms with van der Waals surface area (Å²) in [6, 6.07) is 4.35. The van der Waals surface area contributed by atoms with Gasteiger partial charge in [0.05, 0.1) is 6.61 Å². The van der Waals surface area contributed by atoms with Crippen LogP contribution in [0.25, 0.3) is 0 Å². The molecule has 1 unspecified atom stereocenters. The molecule has 0 aliphatic heterocycles. The number of nitrogens with two attached hydrogens (primary N) is 1. The molecule has 78 valence electrons. The van der Waals surface area contributed by atoms with Gasteiger partial charge in [0.1, 0.15) is 5.82 Å². The summed E-state index contributed by atoms with van der Waals surface area (Å²) in [5.74, 6) is -0.433. The van der Waals surface area contributed by atoms with Crippen LogP contribution in [0, 0.1) is 5.82 Å². The summed E-state index contributed by atoms with van der Waals surface area (Å²) in [7, 11) is 0. The molecule has 0 radical (unpaired) electrons. The highest BCUT2D eigenvalue weighted by molar-refractivity contribution is 7.74. The molecule has 1 aromatic rings. The van der Waals surface area contributed by atoms with Crippen molar-refractivity contribution < 1.29 is 17.3 Å². The monoisotopic (exact) mass is 219 g/mol. The Morgan fingerprint density at radius 1 is 1.57 bits per heavy atom. The summed E-state index contributed by atoms with van der Waals surface area (Å²) in [6.07, 6.45) is 0. The highest BCUT2D eigenvalue weighted by Gasteiger charge is 2.03. The second-order valence-corrected chi connectivity index (χ2v) is 3.28. The maximum Gasteiger partial charge on any atom is 0.302 e. The maximum atomic E-state index is 13.1.